The highest BCUT2D eigenvalue weighted by Crippen LogP contribution is 2.36. The van der Waals surface area contributed by atoms with Crippen LogP contribution in [0.2, 0.25) is 0 Å². The van der Waals surface area contributed by atoms with Gasteiger partial charge >= 0.3 is 0 Å². The zero-order chi connectivity index (χ0) is 17.2. The van der Waals surface area contributed by atoms with Crippen molar-refractivity contribution < 1.29 is 14.3 Å². The number of furan rings is 1. The van der Waals surface area contributed by atoms with Crippen molar-refractivity contribution in [3.05, 3.63) is 54.1 Å². The van der Waals surface area contributed by atoms with Crippen LogP contribution in [-0.4, -0.2) is 21.2 Å². The Morgan fingerprint density at radius 2 is 2.08 bits per heavy atom. The number of nitrogens with zero attached hydrogens (tertiary/aromatic N) is 1. The average molecular weight is 337 g/mol. The number of nitrogens with one attached hydrogen (secondary N) is 2. The molecule has 1 amide bonds. The first-order chi connectivity index (χ1) is 12.2. The molecule has 3 N–H and O–H groups in total. The normalized spacial score (nSPS) is 14.7. The molecule has 1 aliphatic rings. The van der Waals surface area contributed by atoms with Gasteiger partial charge in [-0.1, -0.05) is 12.8 Å². The molecule has 2 heterocycles. The van der Waals surface area contributed by atoms with Crippen molar-refractivity contribution in [2.75, 3.05) is 5.32 Å². The summed E-state index contributed by atoms with van der Waals surface area (Å²) in [4.78, 5) is 12.1. The molecule has 25 heavy (non-hydrogen) atoms. The van der Waals surface area contributed by atoms with Gasteiger partial charge in [-0.15, -0.1) is 0 Å². The Bertz CT molecular complexity index is 877. The highest BCUT2D eigenvalue weighted by atomic mass is 16.3. The van der Waals surface area contributed by atoms with Gasteiger partial charge < -0.3 is 14.8 Å². The van der Waals surface area contributed by atoms with Gasteiger partial charge in [-0.25, -0.2) is 0 Å². The number of H-pyrrole nitrogens is 1. The molecule has 6 heteroatoms. The predicted octanol–water partition coefficient (Wildman–Crippen LogP) is 4.29. The topological polar surface area (TPSA) is 91.2 Å². The second-order valence-electron chi connectivity index (χ2n) is 6.35. The molecule has 6 nitrogen and oxygen atoms in total. The number of benzene rings is 1. The van der Waals surface area contributed by atoms with E-state index in [9.17, 15) is 9.90 Å². The number of aromatic nitrogens is 2. The monoisotopic (exact) mass is 337 g/mol. The van der Waals surface area contributed by atoms with Crippen LogP contribution in [0.5, 0.6) is 5.75 Å². The molecular weight excluding hydrogens is 318 g/mol. The van der Waals surface area contributed by atoms with Crippen LogP contribution in [0, 0.1) is 0 Å². The summed E-state index contributed by atoms with van der Waals surface area (Å²) < 4.78 is 5.09. The molecule has 0 aliphatic heterocycles. The van der Waals surface area contributed by atoms with E-state index in [0.717, 1.165) is 5.69 Å². The second-order valence-corrected chi connectivity index (χ2v) is 6.35. The molecule has 4 rings (SSSR count). The molecule has 1 aromatic carbocycles. The van der Waals surface area contributed by atoms with Gasteiger partial charge in [-0.2, -0.15) is 5.10 Å². The number of hydrogen-bond donors (Lipinski definition) is 3. The fourth-order valence-corrected chi connectivity index (χ4v) is 3.34. The van der Waals surface area contributed by atoms with Gasteiger partial charge in [-0.3, -0.25) is 9.89 Å². The van der Waals surface area contributed by atoms with Gasteiger partial charge in [-0.05, 0) is 49.2 Å². The highest BCUT2D eigenvalue weighted by molar-refractivity contribution is 6.02. The first kappa shape index (κ1) is 15.5. The molecule has 1 fully saturated rings. The zero-order valence-electron chi connectivity index (χ0n) is 13.7. The number of amides is 1. The molecule has 2 aromatic heterocycles. The van der Waals surface area contributed by atoms with Crippen molar-refractivity contribution in [2.45, 2.75) is 31.6 Å². The lowest BCUT2D eigenvalue weighted by Crippen LogP contribution is -2.10. The Labute approximate surface area is 144 Å². The second kappa shape index (κ2) is 6.47. The van der Waals surface area contributed by atoms with E-state index < -0.39 is 0 Å². The first-order valence-electron chi connectivity index (χ1n) is 8.44. The van der Waals surface area contributed by atoms with Gasteiger partial charge in [0.05, 0.1) is 12.0 Å². The number of phenolic OH excluding ortho intramolecular Hbond substituents is 1. The molecule has 0 atom stereocenters. The summed E-state index contributed by atoms with van der Waals surface area (Å²) in [6.07, 6.45) is 6.29. The van der Waals surface area contributed by atoms with E-state index in [1.165, 1.54) is 31.9 Å². The van der Waals surface area contributed by atoms with Crippen molar-refractivity contribution in [2.24, 2.45) is 0 Å². The van der Waals surface area contributed by atoms with Crippen molar-refractivity contribution in [3.8, 4) is 17.0 Å². The van der Waals surface area contributed by atoms with Gasteiger partial charge in [0.1, 0.15) is 5.75 Å². The third-order valence-corrected chi connectivity index (χ3v) is 4.67. The molecule has 0 radical (unpaired) electrons. The fraction of sp³-hybridized carbons (Fsp3) is 0.263. The van der Waals surface area contributed by atoms with Crippen LogP contribution < -0.4 is 5.32 Å². The van der Waals surface area contributed by atoms with E-state index in [2.05, 4.69) is 15.5 Å². The summed E-state index contributed by atoms with van der Waals surface area (Å²) in [5.41, 5.74) is 2.93. The van der Waals surface area contributed by atoms with Crippen molar-refractivity contribution in [3.63, 3.8) is 0 Å². The highest BCUT2D eigenvalue weighted by Gasteiger charge is 2.20. The molecule has 0 saturated heterocycles. The van der Waals surface area contributed by atoms with Crippen LogP contribution >= 0.6 is 0 Å². The SMILES string of the molecule is O=C(Nc1ccc(O)c(-c2cc(C3CCCC3)[nH]n2)c1)c1ccco1. The van der Waals surface area contributed by atoms with Gasteiger partial charge in [0.25, 0.3) is 5.91 Å². The maximum absolute atomic E-state index is 12.1. The quantitative estimate of drug-likeness (QED) is 0.620. The molecule has 1 aliphatic carbocycles. The molecule has 0 unspecified atom stereocenters. The molecule has 0 bridgehead atoms. The minimum absolute atomic E-state index is 0.125. The van der Waals surface area contributed by atoms with Crippen LogP contribution in [0.4, 0.5) is 5.69 Å². The molecule has 128 valence electrons. The van der Waals surface area contributed by atoms with E-state index >= 15 is 0 Å². The van der Waals surface area contributed by atoms with Gasteiger partial charge in [0, 0.05) is 22.9 Å². The Morgan fingerprint density at radius 1 is 1.24 bits per heavy atom. The van der Waals surface area contributed by atoms with E-state index in [1.54, 1.807) is 30.3 Å². The Morgan fingerprint density at radius 3 is 2.84 bits per heavy atom. The summed E-state index contributed by atoms with van der Waals surface area (Å²) in [6, 6.07) is 10.2. The fourth-order valence-electron chi connectivity index (χ4n) is 3.34. The van der Waals surface area contributed by atoms with Crippen molar-refractivity contribution >= 4 is 11.6 Å². The van der Waals surface area contributed by atoms with E-state index in [0.29, 0.717) is 22.9 Å². The van der Waals surface area contributed by atoms with Gasteiger partial charge in [0.2, 0.25) is 0 Å². The minimum Gasteiger partial charge on any atom is -0.507 e. The molecule has 3 aromatic rings. The Kier molecular flexibility index (Phi) is 4.01. The molecule has 1 saturated carbocycles. The number of phenols is 1. The largest absolute Gasteiger partial charge is 0.507 e. The third-order valence-electron chi connectivity index (χ3n) is 4.67. The number of carbonyl (C=O) groups excluding carboxylic acids is 1. The maximum atomic E-state index is 12.1. The lowest BCUT2D eigenvalue weighted by atomic mass is 10.0. The third kappa shape index (κ3) is 3.15. The lowest BCUT2D eigenvalue weighted by molar-refractivity contribution is 0.0996. The number of rotatable bonds is 4. The summed E-state index contributed by atoms with van der Waals surface area (Å²) in [5.74, 6) is 0.541. The summed E-state index contributed by atoms with van der Waals surface area (Å²) in [5, 5.41) is 20.4. The van der Waals surface area contributed by atoms with Crippen LogP contribution in [0.1, 0.15) is 47.8 Å². The summed E-state index contributed by atoms with van der Waals surface area (Å²) in [7, 11) is 0. The zero-order valence-corrected chi connectivity index (χ0v) is 13.7. The minimum atomic E-state index is -0.338. The van der Waals surface area contributed by atoms with E-state index in [1.807, 2.05) is 6.07 Å². The number of aromatic hydroxyl groups is 1. The van der Waals surface area contributed by atoms with Crippen LogP contribution in [0.3, 0.4) is 0 Å². The standard InChI is InChI=1S/C19H19N3O3/c23-17-8-7-13(20-19(24)18-6-3-9-25-18)10-14(17)16-11-15(21-22-16)12-4-1-2-5-12/h3,6-12,23H,1-2,4-5H2,(H,20,24)(H,21,22). The number of aromatic amines is 1. The average Bonchev–Trinajstić information content (AvgIpc) is 3.37. The van der Waals surface area contributed by atoms with E-state index in [4.69, 9.17) is 4.42 Å². The van der Waals surface area contributed by atoms with E-state index in [-0.39, 0.29) is 17.4 Å². The molecular formula is C19H19N3O3. The lowest BCUT2D eigenvalue weighted by Gasteiger charge is -2.07. The number of anilines is 1. The molecule has 0 spiro atoms. The summed E-state index contributed by atoms with van der Waals surface area (Å²) in [6.45, 7) is 0. The maximum Gasteiger partial charge on any atom is 0.291 e. The van der Waals surface area contributed by atoms with Gasteiger partial charge in [0.15, 0.2) is 5.76 Å². The Balaban J connectivity index is 1.58. The first-order valence-corrected chi connectivity index (χ1v) is 8.44. The smallest absolute Gasteiger partial charge is 0.291 e. The van der Waals surface area contributed by atoms with Crippen LogP contribution in [0.15, 0.2) is 47.1 Å². The van der Waals surface area contributed by atoms with Crippen LogP contribution in [0.25, 0.3) is 11.3 Å². The van der Waals surface area contributed by atoms with Crippen molar-refractivity contribution in [1.29, 1.82) is 0 Å². The number of hydrogen-bond acceptors (Lipinski definition) is 4. The predicted molar refractivity (Wildman–Crippen MR) is 93.6 cm³/mol. The van der Waals surface area contributed by atoms with Crippen LogP contribution in [-0.2, 0) is 0 Å². The van der Waals surface area contributed by atoms with Crippen molar-refractivity contribution in [1.82, 2.24) is 10.2 Å². The summed E-state index contributed by atoms with van der Waals surface area (Å²) >= 11 is 0. The Hall–Kier alpha value is -3.02. The number of carbonyl (C=O) groups is 1.